The first-order valence-electron chi connectivity index (χ1n) is 6.48. The maximum atomic E-state index is 12.7. The van der Waals surface area contributed by atoms with Gasteiger partial charge >= 0.3 is 0 Å². The first-order chi connectivity index (χ1) is 9.66. The van der Waals surface area contributed by atoms with Gasteiger partial charge in [0.05, 0.1) is 11.7 Å². The average molecular weight is 288 g/mol. The summed E-state index contributed by atoms with van der Waals surface area (Å²) < 4.78 is 5.66. The van der Waals surface area contributed by atoms with Crippen LogP contribution in [0.4, 0.5) is 5.69 Å². The van der Waals surface area contributed by atoms with E-state index in [1.807, 2.05) is 31.2 Å². The minimum Gasteiger partial charge on any atom is -0.489 e. The quantitative estimate of drug-likeness (QED) is 0.799. The van der Waals surface area contributed by atoms with Gasteiger partial charge in [0.25, 0.3) is 5.91 Å². The van der Waals surface area contributed by atoms with E-state index in [1.165, 1.54) is 0 Å². The molecule has 4 heteroatoms. The second kappa shape index (κ2) is 5.17. The number of carbonyl (C=O) groups is 1. The van der Waals surface area contributed by atoms with E-state index in [0.29, 0.717) is 17.2 Å². The Morgan fingerprint density at radius 3 is 2.65 bits per heavy atom. The third-order valence-electron chi connectivity index (χ3n) is 3.36. The van der Waals surface area contributed by atoms with Crippen LogP contribution in [0.3, 0.4) is 0 Å². The summed E-state index contributed by atoms with van der Waals surface area (Å²) in [5.74, 6) is 0.706. The number of amides is 1. The third-order valence-corrected chi connectivity index (χ3v) is 3.61. The van der Waals surface area contributed by atoms with Crippen molar-refractivity contribution >= 4 is 23.2 Å². The molecular formula is C16H14ClNO2. The van der Waals surface area contributed by atoms with Crippen LogP contribution >= 0.6 is 11.6 Å². The summed E-state index contributed by atoms with van der Waals surface area (Å²) >= 11 is 5.87. The Kier molecular flexibility index (Phi) is 3.36. The van der Waals surface area contributed by atoms with Crippen LogP contribution < -0.4 is 9.64 Å². The topological polar surface area (TPSA) is 29.5 Å². The molecule has 0 saturated heterocycles. The molecule has 1 atom stereocenters. The molecule has 0 bridgehead atoms. The number of para-hydroxylation sites is 2. The van der Waals surface area contributed by atoms with Crippen molar-refractivity contribution in [2.45, 2.75) is 13.0 Å². The number of hydrogen-bond acceptors (Lipinski definition) is 2. The Morgan fingerprint density at radius 2 is 1.90 bits per heavy atom. The number of halogens is 1. The van der Waals surface area contributed by atoms with Crippen LogP contribution in [0.25, 0.3) is 0 Å². The van der Waals surface area contributed by atoms with E-state index in [2.05, 4.69) is 0 Å². The molecule has 0 spiro atoms. The van der Waals surface area contributed by atoms with Crippen LogP contribution in [-0.4, -0.2) is 18.6 Å². The van der Waals surface area contributed by atoms with Crippen LogP contribution in [0.2, 0.25) is 5.02 Å². The Labute approximate surface area is 122 Å². The van der Waals surface area contributed by atoms with E-state index in [9.17, 15) is 4.79 Å². The van der Waals surface area contributed by atoms with Crippen molar-refractivity contribution in [1.82, 2.24) is 0 Å². The Bertz CT molecular complexity index is 639. The van der Waals surface area contributed by atoms with Gasteiger partial charge in [0.1, 0.15) is 12.4 Å². The molecule has 3 nitrogen and oxygen atoms in total. The predicted molar refractivity (Wildman–Crippen MR) is 79.7 cm³/mol. The van der Waals surface area contributed by atoms with Crippen LogP contribution in [0.15, 0.2) is 48.5 Å². The zero-order valence-electron chi connectivity index (χ0n) is 11.0. The number of hydrogen-bond donors (Lipinski definition) is 0. The number of anilines is 1. The van der Waals surface area contributed by atoms with Crippen molar-refractivity contribution in [2.24, 2.45) is 0 Å². The molecule has 102 valence electrons. The molecule has 1 heterocycles. The molecule has 0 aliphatic carbocycles. The minimum atomic E-state index is -0.0371. The van der Waals surface area contributed by atoms with Crippen LogP contribution in [-0.2, 0) is 0 Å². The lowest BCUT2D eigenvalue weighted by Gasteiger charge is -2.35. The van der Waals surface area contributed by atoms with E-state index in [0.717, 1.165) is 11.4 Å². The van der Waals surface area contributed by atoms with Gasteiger partial charge in [-0.3, -0.25) is 9.69 Å². The normalized spacial score (nSPS) is 17.3. The lowest BCUT2D eigenvalue weighted by atomic mass is 10.1. The van der Waals surface area contributed by atoms with Gasteiger partial charge in [-0.25, -0.2) is 0 Å². The van der Waals surface area contributed by atoms with Crippen molar-refractivity contribution in [1.29, 1.82) is 0 Å². The van der Waals surface area contributed by atoms with E-state index in [4.69, 9.17) is 16.3 Å². The summed E-state index contributed by atoms with van der Waals surface area (Å²) in [4.78, 5) is 14.5. The van der Waals surface area contributed by atoms with Crippen LogP contribution in [0.1, 0.15) is 17.3 Å². The molecule has 0 radical (unpaired) electrons. The highest BCUT2D eigenvalue weighted by molar-refractivity contribution is 6.30. The summed E-state index contributed by atoms with van der Waals surface area (Å²) in [7, 11) is 0. The van der Waals surface area contributed by atoms with Gasteiger partial charge in [0.2, 0.25) is 0 Å². The molecule has 0 unspecified atom stereocenters. The fourth-order valence-corrected chi connectivity index (χ4v) is 2.47. The first-order valence-corrected chi connectivity index (χ1v) is 6.85. The number of rotatable bonds is 1. The van der Waals surface area contributed by atoms with Gasteiger partial charge in [-0.2, -0.15) is 0 Å². The standard InChI is InChI=1S/C16H14ClNO2/c1-11-10-20-15-5-3-2-4-14(15)18(11)16(19)12-6-8-13(17)9-7-12/h2-9,11H,10H2,1H3/t11-/m1/s1. The molecule has 3 rings (SSSR count). The fourth-order valence-electron chi connectivity index (χ4n) is 2.34. The molecule has 1 amide bonds. The van der Waals surface area contributed by atoms with Crippen molar-refractivity contribution in [3.8, 4) is 5.75 Å². The fraction of sp³-hybridized carbons (Fsp3) is 0.188. The second-order valence-electron chi connectivity index (χ2n) is 4.81. The number of ether oxygens (including phenoxy) is 1. The summed E-state index contributed by atoms with van der Waals surface area (Å²) in [6.07, 6.45) is 0. The van der Waals surface area contributed by atoms with Crippen LogP contribution in [0.5, 0.6) is 5.75 Å². The highest BCUT2D eigenvalue weighted by Gasteiger charge is 2.29. The van der Waals surface area contributed by atoms with E-state index < -0.39 is 0 Å². The monoisotopic (exact) mass is 287 g/mol. The zero-order valence-corrected chi connectivity index (χ0v) is 11.8. The lowest BCUT2D eigenvalue weighted by Crippen LogP contribution is -2.45. The molecule has 1 aliphatic heterocycles. The largest absolute Gasteiger partial charge is 0.489 e. The van der Waals surface area contributed by atoms with Gasteiger partial charge in [0, 0.05) is 10.6 Å². The molecule has 0 N–H and O–H groups in total. The average Bonchev–Trinajstić information content (AvgIpc) is 2.47. The van der Waals surface area contributed by atoms with Crippen LogP contribution in [0, 0.1) is 0 Å². The highest BCUT2D eigenvalue weighted by atomic mass is 35.5. The zero-order chi connectivity index (χ0) is 14.1. The molecule has 20 heavy (non-hydrogen) atoms. The molecule has 2 aromatic rings. The Morgan fingerprint density at radius 1 is 1.20 bits per heavy atom. The molecule has 0 saturated carbocycles. The minimum absolute atomic E-state index is 0.00641. The van der Waals surface area contributed by atoms with Gasteiger partial charge in [-0.05, 0) is 43.3 Å². The number of benzene rings is 2. The van der Waals surface area contributed by atoms with Crippen molar-refractivity contribution in [2.75, 3.05) is 11.5 Å². The van der Waals surface area contributed by atoms with Crippen molar-refractivity contribution < 1.29 is 9.53 Å². The molecular weight excluding hydrogens is 274 g/mol. The molecule has 1 aliphatic rings. The van der Waals surface area contributed by atoms with Gasteiger partial charge in [-0.15, -0.1) is 0 Å². The van der Waals surface area contributed by atoms with Gasteiger partial charge < -0.3 is 4.74 Å². The van der Waals surface area contributed by atoms with E-state index in [-0.39, 0.29) is 11.9 Å². The third kappa shape index (κ3) is 2.25. The van der Waals surface area contributed by atoms with Crippen molar-refractivity contribution in [3.05, 3.63) is 59.1 Å². The van der Waals surface area contributed by atoms with Crippen molar-refractivity contribution in [3.63, 3.8) is 0 Å². The lowest BCUT2D eigenvalue weighted by molar-refractivity contribution is 0.0961. The SMILES string of the molecule is C[C@@H]1COc2ccccc2N1C(=O)c1ccc(Cl)cc1. The van der Waals surface area contributed by atoms with Gasteiger partial charge in [-0.1, -0.05) is 23.7 Å². The summed E-state index contributed by atoms with van der Waals surface area (Å²) in [6.45, 7) is 2.47. The molecule has 0 fully saturated rings. The van der Waals surface area contributed by atoms with E-state index in [1.54, 1.807) is 29.2 Å². The van der Waals surface area contributed by atoms with Gasteiger partial charge in [0.15, 0.2) is 0 Å². The summed E-state index contributed by atoms with van der Waals surface area (Å²) in [5.41, 5.74) is 1.43. The maximum Gasteiger partial charge on any atom is 0.258 e. The maximum absolute atomic E-state index is 12.7. The smallest absolute Gasteiger partial charge is 0.258 e. The second-order valence-corrected chi connectivity index (χ2v) is 5.25. The molecule has 2 aromatic carbocycles. The Balaban J connectivity index is 2.00. The Hall–Kier alpha value is -2.00. The predicted octanol–water partition coefficient (Wildman–Crippen LogP) is 3.77. The summed E-state index contributed by atoms with van der Waals surface area (Å²) in [5, 5.41) is 0.622. The number of nitrogens with zero attached hydrogens (tertiary/aromatic N) is 1. The number of carbonyl (C=O) groups excluding carboxylic acids is 1. The first kappa shape index (κ1) is 13.0. The number of fused-ring (bicyclic) bond motifs is 1. The summed E-state index contributed by atoms with van der Waals surface area (Å²) in [6, 6.07) is 14.5. The highest BCUT2D eigenvalue weighted by Crippen LogP contribution is 2.34. The molecule has 0 aromatic heterocycles. The van der Waals surface area contributed by atoms with E-state index >= 15 is 0 Å².